The Hall–Kier alpha value is -2.55. The van der Waals surface area contributed by atoms with Gasteiger partial charge in [0.15, 0.2) is 0 Å². The zero-order chi connectivity index (χ0) is 23.3. The van der Waals surface area contributed by atoms with Gasteiger partial charge >= 0.3 is 0 Å². The van der Waals surface area contributed by atoms with Gasteiger partial charge in [0.05, 0.1) is 18.6 Å². The van der Waals surface area contributed by atoms with Crippen LogP contribution in [0.1, 0.15) is 25.1 Å². The smallest absolute Gasteiger partial charge is 0.223 e. The number of aromatic nitrogens is 2. The number of nitrogens with one attached hydrogen (secondary N) is 1. The van der Waals surface area contributed by atoms with Crippen LogP contribution in [-0.4, -0.2) is 73.3 Å². The molecule has 2 aliphatic heterocycles. The van der Waals surface area contributed by atoms with E-state index in [0.717, 1.165) is 93.6 Å². The van der Waals surface area contributed by atoms with Crippen molar-refractivity contribution in [2.45, 2.75) is 26.2 Å². The number of nitrogens with zero attached hydrogens (tertiary/aromatic N) is 4. The van der Waals surface area contributed by atoms with E-state index in [0.29, 0.717) is 0 Å². The minimum Gasteiger partial charge on any atom is -0.379 e. The molecular formula is C26H33N5O2S. The fourth-order valence-electron chi connectivity index (χ4n) is 4.83. The molecular weight excluding hydrogens is 446 g/mol. The summed E-state index contributed by atoms with van der Waals surface area (Å²) in [5, 5.41) is 4.28. The predicted molar refractivity (Wildman–Crippen MR) is 137 cm³/mol. The van der Waals surface area contributed by atoms with E-state index in [1.165, 1.54) is 10.4 Å². The molecule has 8 heteroatoms. The Labute approximate surface area is 205 Å². The Morgan fingerprint density at radius 3 is 2.65 bits per heavy atom. The van der Waals surface area contributed by atoms with Crippen LogP contribution in [0.4, 0.5) is 5.82 Å². The maximum Gasteiger partial charge on any atom is 0.223 e. The molecule has 0 unspecified atom stereocenters. The molecule has 0 saturated carbocycles. The molecule has 180 valence electrons. The van der Waals surface area contributed by atoms with E-state index < -0.39 is 0 Å². The number of anilines is 1. The van der Waals surface area contributed by atoms with Crippen LogP contribution in [0.3, 0.4) is 0 Å². The van der Waals surface area contributed by atoms with Gasteiger partial charge < -0.3 is 15.0 Å². The number of amides is 1. The number of carbonyl (C=O) groups is 1. The Morgan fingerprint density at radius 2 is 1.88 bits per heavy atom. The lowest BCUT2D eigenvalue weighted by molar-refractivity contribution is -0.125. The molecule has 0 bridgehead atoms. The minimum atomic E-state index is 0.0837. The number of fused-ring (bicyclic) bond motifs is 1. The fraction of sp³-hybridized carbons (Fsp3) is 0.500. The van der Waals surface area contributed by atoms with E-state index in [-0.39, 0.29) is 11.8 Å². The number of piperidine rings is 1. The molecule has 0 atom stereocenters. The van der Waals surface area contributed by atoms with E-state index in [4.69, 9.17) is 14.7 Å². The highest BCUT2D eigenvalue weighted by molar-refractivity contribution is 7.21. The van der Waals surface area contributed by atoms with Crippen LogP contribution < -0.4 is 10.2 Å². The second-order valence-electron chi connectivity index (χ2n) is 9.15. The normalized spacial score (nSPS) is 17.9. The molecule has 1 amide bonds. The van der Waals surface area contributed by atoms with Crippen LogP contribution in [-0.2, 0) is 9.53 Å². The van der Waals surface area contributed by atoms with Crippen molar-refractivity contribution in [3.63, 3.8) is 0 Å². The summed E-state index contributed by atoms with van der Waals surface area (Å²) >= 11 is 1.72. The third-order valence-corrected chi connectivity index (χ3v) is 7.84. The van der Waals surface area contributed by atoms with Crippen molar-refractivity contribution in [2.24, 2.45) is 5.92 Å². The molecule has 1 aromatic carbocycles. The Balaban J connectivity index is 1.17. The highest BCUT2D eigenvalue weighted by atomic mass is 32.1. The lowest BCUT2D eigenvalue weighted by Gasteiger charge is -2.32. The van der Waals surface area contributed by atoms with Crippen molar-refractivity contribution in [2.75, 3.05) is 57.4 Å². The molecule has 5 rings (SSSR count). The molecule has 2 aromatic heterocycles. The third-order valence-electron chi connectivity index (χ3n) is 6.76. The Bertz CT molecular complexity index is 1110. The number of hydrogen-bond acceptors (Lipinski definition) is 7. The van der Waals surface area contributed by atoms with Gasteiger partial charge in [-0.25, -0.2) is 9.97 Å². The van der Waals surface area contributed by atoms with Gasteiger partial charge in [0.25, 0.3) is 0 Å². The summed E-state index contributed by atoms with van der Waals surface area (Å²) in [6.07, 6.45) is 2.70. The van der Waals surface area contributed by atoms with Gasteiger partial charge in [-0.15, -0.1) is 11.3 Å². The maximum absolute atomic E-state index is 12.7. The lowest BCUT2D eigenvalue weighted by Crippen LogP contribution is -2.42. The van der Waals surface area contributed by atoms with Crippen molar-refractivity contribution < 1.29 is 9.53 Å². The van der Waals surface area contributed by atoms with E-state index in [2.05, 4.69) is 45.4 Å². The number of thiophene rings is 1. The second-order valence-corrected chi connectivity index (χ2v) is 10.2. The van der Waals surface area contributed by atoms with Crippen molar-refractivity contribution in [3.05, 3.63) is 42.2 Å². The van der Waals surface area contributed by atoms with Gasteiger partial charge in [0.2, 0.25) is 5.91 Å². The summed E-state index contributed by atoms with van der Waals surface area (Å²) in [5.74, 6) is 2.09. The van der Waals surface area contributed by atoms with Crippen LogP contribution in [0, 0.1) is 12.8 Å². The van der Waals surface area contributed by atoms with E-state index >= 15 is 0 Å². The first kappa shape index (κ1) is 23.2. The summed E-state index contributed by atoms with van der Waals surface area (Å²) in [7, 11) is 0. The number of hydrogen-bond donors (Lipinski definition) is 1. The van der Waals surface area contributed by atoms with Gasteiger partial charge in [-0.05, 0) is 44.4 Å². The molecule has 1 N–H and O–H groups in total. The van der Waals surface area contributed by atoms with Crippen molar-refractivity contribution in [1.29, 1.82) is 0 Å². The van der Waals surface area contributed by atoms with Crippen molar-refractivity contribution >= 4 is 33.3 Å². The summed E-state index contributed by atoms with van der Waals surface area (Å²) < 4.78 is 5.39. The van der Waals surface area contributed by atoms with Crippen LogP contribution in [0.25, 0.3) is 20.7 Å². The molecule has 2 aliphatic rings. The zero-order valence-electron chi connectivity index (χ0n) is 19.8. The summed E-state index contributed by atoms with van der Waals surface area (Å²) in [4.78, 5) is 29.2. The highest BCUT2D eigenvalue weighted by Crippen LogP contribution is 2.37. The van der Waals surface area contributed by atoms with E-state index in [1.807, 2.05) is 13.0 Å². The number of ether oxygens (including phenoxy) is 1. The SMILES string of the molecule is Cc1nc(N2CCC(C(=O)NCCCN3CCOCC3)CC2)c2cc(-c3ccccc3)sc2n1. The monoisotopic (exact) mass is 479 g/mol. The second kappa shape index (κ2) is 10.8. The highest BCUT2D eigenvalue weighted by Gasteiger charge is 2.27. The molecule has 34 heavy (non-hydrogen) atoms. The quantitative estimate of drug-likeness (QED) is 0.521. The van der Waals surface area contributed by atoms with E-state index in [9.17, 15) is 4.79 Å². The topological polar surface area (TPSA) is 70.6 Å². The number of benzene rings is 1. The number of rotatable bonds is 7. The Morgan fingerprint density at radius 1 is 1.12 bits per heavy atom. The molecule has 2 fully saturated rings. The van der Waals surface area contributed by atoms with Gasteiger partial charge in [-0.1, -0.05) is 30.3 Å². The Kier molecular flexibility index (Phi) is 7.37. The van der Waals surface area contributed by atoms with Crippen molar-refractivity contribution in [1.82, 2.24) is 20.2 Å². The fourth-order valence-corrected chi connectivity index (χ4v) is 5.91. The maximum atomic E-state index is 12.7. The molecule has 0 radical (unpaired) electrons. The first-order valence-corrected chi connectivity index (χ1v) is 13.2. The predicted octanol–water partition coefficient (Wildman–Crippen LogP) is 3.72. The summed E-state index contributed by atoms with van der Waals surface area (Å²) in [6.45, 7) is 9.06. The lowest BCUT2D eigenvalue weighted by atomic mass is 9.95. The van der Waals surface area contributed by atoms with E-state index in [1.54, 1.807) is 11.3 Å². The first-order valence-electron chi connectivity index (χ1n) is 12.3. The standard InChI is InChI=1S/C26H33N5O2S/c1-19-28-24(22-18-23(34-26(22)29-19)20-6-3-2-4-7-20)31-12-8-21(9-13-31)25(32)27-10-5-11-30-14-16-33-17-15-30/h2-4,6-7,18,21H,5,8-17H2,1H3,(H,27,32). The van der Waals surface area contributed by atoms with Crippen LogP contribution in [0.2, 0.25) is 0 Å². The van der Waals surface area contributed by atoms with Crippen LogP contribution >= 0.6 is 11.3 Å². The minimum absolute atomic E-state index is 0.0837. The summed E-state index contributed by atoms with van der Waals surface area (Å²) in [5.41, 5.74) is 1.21. The summed E-state index contributed by atoms with van der Waals surface area (Å²) in [6, 6.07) is 12.7. The molecule has 3 aromatic rings. The van der Waals surface area contributed by atoms with Crippen molar-refractivity contribution in [3.8, 4) is 10.4 Å². The number of morpholine rings is 1. The molecule has 7 nitrogen and oxygen atoms in total. The average Bonchev–Trinajstić information content (AvgIpc) is 3.31. The number of carbonyl (C=O) groups excluding carboxylic acids is 1. The third kappa shape index (κ3) is 5.40. The average molecular weight is 480 g/mol. The molecule has 2 saturated heterocycles. The van der Waals surface area contributed by atoms with Gasteiger partial charge in [-0.3, -0.25) is 9.69 Å². The number of aryl methyl sites for hydroxylation is 1. The largest absolute Gasteiger partial charge is 0.379 e. The van der Waals surface area contributed by atoms with Crippen LogP contribution in [0.5, 0.6) is 0 Å². The molecule has 0 spiro atoms. The first-order chi connectivity index (χ1) is 16.7. The zero-order valence-corrected chi connectivity index (χ0v) is 20.6. The molecule has 4 heterocycles. The van der Waals surface area contributed by atoms with Gasteiger partial charge in [-0.2, -0.15) is 0 Å². The van der Waals surface area contributed by atoms with Gasteiger partial charge in [0, 0.05) is 43.5 Å². The van der Waals surface area contributed by atoms with Gasteiger partial charge in [0.1, 0.15) is 16.5 Å². The molecule has 0 aliphatic carbocycles. The van der Waals surface area contributed by atoms with Crippen LogP contribution in [0.15, 0.2) is 36.4 Å².